The van der Waals surface area contributed by atoms with Crippen molar-refractivity contribution in [2.75, 3.05) is 0 Å². The smallest absolute Gasteiger partial charge is 0.0723 e. The molecule has 0 bridgehead atoms. The second-order valence-electron chi connectivity index (χ2n) is 6.51. The summed E-state index contributed by atoms with van der Waals surface area (Å²) in [4.78, 5) is 4.42. The topological polar surface area (TPSA) is 12.4 Å². The van der Waals surface area contributed by atoms with Crippen molar-refractivity contribution in [3.63, 3.8) is 0 Å². The lowest BCUT2D eigenvalue weighted by molar-refractivity contribution is 1.34. The summed E-state index contributed by atoms with van der Waals surface area (Å²) >= 11 is 0. The summed E-state index contributed by atoms with van der Waals surface area (Å²) in [5.74, 6) is 0. The van der Waals surface area contributed by atoms with E-state index in [-0.39, 0.29) is 0 Å². The Labute approximate surface area is 156 Å². The van der Waals surface area contributed by atoms with Crippen molar-refractivity contribution in [3.05, 3.63) is 101 Å². The molecule has 0 saturated heterocycles. The summed E-state index contributed by atoms with van der Waals surface area (Å²) in [5.41, 5.74) is 8.75. The van der Waals surface area contributed by atoms with E-state index in [1.807, 2.05) is 13.1 Å². The van der Waals surface area contributed by atoms with Gasteiger partial charge in [0.05, 0.1) is 5.70 Å². The summed E-state index contributed by atoms with van der Waals surface area (Å²) < 4.78 is 0. The first-order chi connectivity index (χ1) is 12.7. The minimum absolute atomic E-state index is 0.887. The quantitative estimate of drug-likeness (QED) is 0.402. The molecule has 26 heavy (non-hydrogen) atoms. The van der Waals surface area contributed by atoms with E-state index in [4.69, 9.17) is 0 Å². The van der Waals surface area contributed by atoms with Gasteiger partial charge in [-0.2, -0.15) is 0 Å². The molecule has 1 heterocycles. The van der Waals surface area contributed by atoms with Crippen LogP contribution in [-0.4, -0.2) is 6.21 Å². The van der Waals surface area contributed by atoms with Crippen LogP contribution in [0.1, 0.15) is 42.5 Å². The van der Waals surface area contributed by atoms with Crippen molar-refractivity contribution >= 4 is 23.1 Å². The first kappa shape index (κ1) is 17.9. The third kappa shape index (κ3) is 4.00. The molecule has 0 fully saturated rings. The van der Waals surface area contributed by atoms with Gasteiger partial charge in [-0.05, 0) is 55.5 Å². The highest BCUT2D eigenvalue weighted by atomic mass is 14.8. The summed E-state index contributed by atoms with van der Waals surface area (Å²) in [6.07, 6.45) is 13.3. The molecule has 2 aromatic rings. The van der Waals surface area contributed by atoms with E-state index < -0.39 is 0 Å². The molecule has 0 N–H and O–H groups in total. The lowest BCUT2D eigenvalue weighted by Gasteiger charge is -2.18. The highest BCUT2D eigenvalue weighted by Gasteiger charge is 2.15. The minimum Gasteiger partial charge on any atom is -0.256 e. The SMILES string of the molecule is C/C=C\C=C/C/C(=C(/C)c1cccc(C)c1)c1ccccc1C1=CC=N1. The maximum absolute atomic E-state index is 4.42. The van der Waals surface area contributed by atoms with Crippen LogP contribution in [0, 0.1) is 6.92 Å². The van der Waals surface area contributed by atoms with Gasteiger partial charge >= 0.3 is 0 Å². The Morgan fingerprint density at radius 3 is 2.54 bits per heavy atom. The van der Waals surface area contributed by atoms with E-state index in [1.165, 1.54) is 33.4 Å². The molecule has 0 radical (unpaired) electrons. The second kappa shape index (κ2) is 8.44. The van der Waals surface area contributed by atoms with Gasteiger partial charge in [-0.1, -0.05) is 78.4 Å². The number of hydrogen-bond donors (Lipinski definition) is 0. The molecule has 0 aromatic heterocycles. The van der Waals surface area contributed by atoms with Gasteiger partial charge in [0.2, 0.25) is 0 Å². The first-order valence-electron chi connectivity index (χ1n) is 9.09. The Hall–Kier alpha value is -2.93. The molecule has 3 rings (SSSR count). The van der Waals surface area contributed by atoms with Crippen LogP contribution in [0.5, 0.6) is 0 Å². The molecule has 0 aliphatic carbocycles. The lowest BCUT2D eigenvalue weighted by atomic mass is 9.88. The predicted molar refractivity (Wildman–Crippen MR) is 115 cm³/mol. The van der Waals surface area contributed by atoms with E-state index in [0.717, 1.165) is 12.1 Å². The lowest BCUT2D eigenvalue weighted by Crippen LogP contribution is -1.98. The van der Waals surface area contributed by atoms with Gasteiger partial charge in [-0.3, -0.25) is 4.99 Å². The van der Waals surface area contributed by atoms with Gasteiger partial charge in [-0.25, -0.2) is 0 Å². The van der Waals surface area contributed by atoms with Crippen LogP contribution in [0.2, 0.25) is 0 Å². The molecule has 0 atom stereocenters. The highest BCUT2D eigenvalue weighted by molar-refractivity contribution is 6.00. The predicted octanol–water partition coefficient (Wildman–Crippen LogP) is 6.87. The highest BCUT2D eigenvalue weighted by Crippen LogP contribution is 2.35. The van der Waals surface area contributed by atoms with Crippen LogP contribution in [0.25, 0.3) is 16.8 Å². The fraction of sp³-hybridized carbons (Fsp3) is 0.160. The van der Waals surface area contributed by atoms with Gasteiger partial charge in [0.1, 0.15) is 0 Å². The molecular weight excluding hydrogens is 314 g/mol. The third-order valence-corrected chi connectivity index (χ3v) is 4.64. The van der Waals surface area contributed by atoms with Crippen LogP contribution in [0.3, 0.4) is 0 Å². The zero-order valence-electron chi connectivity index (χ0n) is 15.7. The second-order valence-corrected chi connectivity index (χ2v) is 6.51. The zero-order valence-corrected chi connectivity index (χ0v) is 15.7. The Balaban J connectivity index is 2.11. The third-order valence-electron chi connectivity index (χ3n) is 4.64. The molecule has 0 unspecified atom stereocenters. The summed E-state index contributed by atoms with van der Waals surface area (Å²) in [6.45, 7) is 6.41. The van der Waals surface area contributed by atoms with Gasteiger partial charge in [0, 0.05) is 11.8 Å². The van der Waals surface area contributed by atoms with Crippen LogP contribution < -0.4 is 0 Å². The molecule has 2 aromatic carbocycles. The number of allylic oxidation sites excluding steroid dienone is 7. The number of benzene rings is 2. The van der Waals surface area contributed by atoms with Crippen molar-refractivity contribution in [2.24, 2.45) is 4.99 Å². The fourth-order valence-electron chi connectivity index (χ4n) is 3.17. The fourth-order valence-corrected chi connectivity index (χ4v) is 3.17. The van der Waals surface area contributed by atoms with Gasteiger partial charge in [-0.15, -0.1) is 0 Å². The van der Waals surface area contributed by atoms with Gasteiger partial charge < -0.3 is 0 Å². The number of aliphatic imine (C=N–C) groups is 1. The van der Waals surface area contributed by atoms with Crippen LogP contribution in [0.4, 0.5) is 0 Å². The van der Waals surface area contributed by atoms with Crippen molar-refractivity contribution in [1.82, 2.24) is 0 Å². The van der Waals surface area contributed by atoms with Crippen molar-refractivity contribution < 1.29 is 0 Å². The Kier molecular flexibility index (Phi) is 5.80. The van der Waals surface area contributed by atoms with Crippen molar-refractivity contribution in [3.8, 4) is 0 Å². The van der Waals surface area contributed by atoms with Crippen molar-refractivity contribution in [2.45, 2.75) is 27.2 Å². The van der Waals surface area contributed by atoms with Crippen LogP contribution >= 0.6 is 0 Å². The molecule has 0 spiro atoms. The number of nitrogens with zero attached hydrogens (tertiary/aromatic N) is 1. The Morgan fingerprint density at radius 2 is 1.85 bits per heavy atom. The molecular formula is C25H25N. The van der Waals surface area contributed by atoms with Crippen molar-refractivity contribution in [1.29, 1.82) is 0 Å². The number of rotatable bonds is 6. The van der Waals surface area contributed by atoms with Gasteiger partial charge in [0.25, 0.3) is 0 Å². The summed E-state index contributed by atoms with van der Waals surface area (Å²) in [6, 6.07) is 17.3. The molecule has 1 aliphatic rings. The summed E-state index contributed by atoms with van der Waals surface area (Å²) in [7, 11) is 0. The minimum atomic E-state index is 0.887. The van der Waals surface area contributed by atoms with E-state index in [2.05, 4.69) is 97.8 Å². The molecule has 1 aliphatic heterocycles. The monoisotopic (exact) mass is 339 g/mol. The average molecular weight is 339 g/mol. The van der Waals surface area contributed by atoms with Crippen LogP contribution in [-0.2, 0) is 0 Å². The number of aryl methyl sites for hydroxylation is 1. The maximum Gasteiger partial charge on any atom is 0.0723 e. The number of hydrogen-bond acceptors (Lipinski definition) is 1. The van der Waals surface area contributed by atoms with E-state index in [0.29, 0.717) is 0 Å². The average Bonchev–Trinajstić information content (AvgIpc) is 2.61. The maximum atomic E-state index is 4.42. The van der Waals surface area contributed by atoms with E-state index >= 15 is 0 Å². The Bertz CT molecular complexity index is 936. The molecule has 1 heteroatoms. The molecule has 1 nitrogen and oxygen atoms in total. The molecule has 0 amide bonds. The normalized spacial score (nSPS) is 14.5. The van der Waals surface area contributed by atoms with Gasteiger partial charge in [0.15, 0.2) is 0 Å². The standard InChI is InChI=1S/C25H25N/c1-4-5-6-7-13-22(20(3)21-12-10-11-19(2)18-21)23-14-8-9-15-24(23)25-16-17-26-25/h4-12,14-18H,13H2,1-3H3/b5-4-,7-6-,22-20+. The van der Waals surface area contributed by atoms with E-state index in [1.54, 1.807) is 0 Å². The Morgan fingerprint density at radius 1 is 1.04 bits per heavy atom. The van der Waals surface area contributed by atoms with E-state index in [9.17, 15) is 0 Å². The summed E-state index contributed by atoms with van der Waals surface area (Å²) in [5, 5.41) is 0. The van der Waals surface area contributed by atoms with Crippen LogP contribution in [0.15, 0.2) is 83.9 Å². The molecule has 0 saturated carbocycles. The largest absolute Gasteiger partial charge is 0.256 e. The first-order valence-corrected chi connectivity index (χ1v) is 9.09. The molecule has 130 valence electrons. The zero-order chi connectivity index (χ0) is 18.4.